The first-order valence-electron chi connectivity index (χ1n) is 11.0. The molecular weight excluding hydrogens is 428 g/mol. The van der Waals surface area contributed by atoms with Gasteiger partial charge in [0.25, 0.3) is 11.5 Å². The highest BCUT2D eigenvalue weighted by molar-refractivity contribution is 6.07. The zero-order valence-corrected chi connectivity index (χ0v) is 19.6. The Kier molecular flexibility index (Phi) is 6.32. The molecule has 1 heterocycles. The summed E-state index contributed by atoms with van der Waals surface area (Å²) in [6, 6.07) is 22.2. The summed E-state index contributed by atoms with van der Waals surface area (Å²) in [6.07, 6.45) is -1.07. The van der Waals surface area contributed by atoms with Gasteiger partial charge in [-0.15, -0.1) is 0 Å². The number of benzene rings is 3. The minimum absolute atomic E-state index is 0.0981. The van der Waals surface area contributed by atoms with Gasteiger partial charge in [0.15, 0.2) is 6.10 Å². The van der Waals surface area contributed by atoms with Crippen LogP contribution < -0.4 is 10.9 Å². The van der Waals surface area contributed by atoms with Crippen LogP contribution in [0.1, 0.15) is 28.5 Å². The molecule has 172 valence electrons. The number of carbonyl (C=O) groups excluding carboxylic acids is 2. The SMILES string of the molecule is Cc1cc(C)cc(NC(=O)C(C)OC(=O)c2c(-c3ccccc3)c3ccccc3c(=O)n2C)c1. The molecule has 0 aliphatic heterocycles. The van der Waals surface area contributed by atoms with Gasteiger partial charge in [-0.1, -0.05) is 54.6 Å². The second kappa shape index (κ2) is 9.35. The maximum atomic E-state index is 13.4. The summed E-state index contributed by atoms with van der Waals surface area (Å²) in [6.45, 7) is 5.39. The van der Waals surface area contributed by atoms with Crippen LogP contribution in [-0.4, -0.2) is 22.5 Å². The fourth-order valence-corrected chi connectivity index (χ4v) is 4.16. The second-order valence-corrected chi connectivity index (χ2v) is 8.41. The van der Waals surface area contributed by atoms with Crippen molar-refractivity contribution >= 4 is 28.3 Å². The van der Waals surface area contributed by atoms with Crippen LogP contribution in [0.25, 0.3) is 21.9 Å². The summed E-state index contributed by atoms with van der Waals surface area (Å²) in [5.74, 6) is -1.20. The molecule has 0 saturated carbocycles. The highest BCUT2D eigenvalue weighted by atomic mass is 16.5. The Balaban J connectivity index is 1.72. The third kappa shape index (κ3) is 4.48. The molecule has 1 atom stereocenters. The van der Waals surface area contributed by atoms with Crippen LogP contribution in [0.4, 0.5) is 5.69 Å². The number of nitrogens with one attached hydrogen (secondary N) is 1. The lowest BCUT2D eigenvalue weighted by Crippen LogP contribution is -2.33. The van der Waals surface area contributed by atoms with E-state index in [-0.39, 0.29) is 11.3 Å². The van der Waals surface area contributed by atoms with E-state index in [0.717, 1.165) is 16.7 Å². The van der Waals surface area contributed by atoms with Crippen molar-refractivity contribution < 1.29 is 14.3 Å². The molecule has 0 radical (unpaired) electrons. The van der Waals surface area contributed by atoms with Gasteiger partial charge in [-0.3, -0.25) is 9.59 Å². The van der Waals surface area contributed by atoms with Crippen molar-refractivity contribution in [3.63, 3.8) is 0 Å². The van der Waals surface area contributed by atoms with E-state index in [4.69, 9.17) is 4.74 Å². The van der Waals surface area contributed by atoms with E-state index in [0.29, 0.717) is 22.0 Å². The molecule has 0 spiro atoms. The molecule has 4 rings (SSSR count). The van der Waals surface area contributed by atoms with E-state index in [1.807, 2.05) is 74.5 Å². The molecule has 1 unspecified atom stereocenters. The molecule has 6 nitrogen and oxygen atoms in total. The van der Waals surface area contributed by atoms with Crippen molar-refractivity contribution in [2.24, 2.45) is 7.05 Å². The van der Waals surface area contributed by atoms with Gasteiger partial charge in [-0.05, 0) is 61.0 Å². The van der Waals surface area contributed by atoms with E-state index in [2.05, 4.69) is 5.32 Å². The molecule has 6 heteroatoms. The van der Waals surface area contributed by atoms with Crippen molar-refractivity contribution in [1.29, 1.82) is 0 Å². The number of hydrogen-bond donors (Lipinski definition) is 1. The highest BCUT2D eigenvalue weighted by Crippen LogP contribution is 2.31. The minimum Gasteiger partial charge on any atom is -0.448 e. The van der Waals surface area contributed by atoms with Crippen LogP contribution in [0.2, 0.25) is 0 Å². The summed E-state index contributed by atoms with van der Waals surface area (Å²) < 4.78 is 6.86. The smallest absolute Gasteiger partial charge is 0.356 e. The average molecular weight is 455 g/mol. The summed E-state index contributed by atoms with van der Waals surface area (Å²) in [5.41, 5.74) is 3.81. The number of fused-ring (bicyclic) bond motifs is 1. The van der Waals surface area contributed by atoms with Gasteiger partial charge < -0.3 is 14.6 Å². The number of hydrogen-bond acceptors (Lipinski definition) is 4. The lowest BCUT2D eigenvalue weighted by molar-refractivity contribution is -0.123. The fraction of sp³-hybridized carbons (Fsp3) is 0.179. The number of rotatable bonds is 5. The van der Waals surface area contributed by atoms with Crippen molar-refractivity contribution in [3.8, 4) is 11.1 Å². The zero-order valence-electron chi connectivity index (χ0n) is 19.6. The average Bonchev–Trinajstić information content (AvgIpc) is 2.81. The summed E-state index contributed by atoms with van der Waals surface area (Å²) in [4.78, 5) is 39.2. The third-order valence-electron chi connectivity index (χ3n) is 5.70. The van der Waals surface area contributed by atoms with Crippen LogP contribution in [0, 0.1) is 13.8 Å². The van der Waals surface area contributed by atoms with Crippen LogP contribution in [0.15, 0.2) is 77.6 Å². The van der Waals surface area contributed by atoms with E-state index < -0.39 is 18.0 Å². The van der Waals surface area contributed by atoms with E-state index >= 15 is 0 Å². The first-order chi connectivity index (χ1) is 16.3. The molecule has 1 amide bonds. The van der Waals surface area contributed by atoms with Gasteiger partial charge in [0.2, 0.25) is 0 Å². The quantitative estimate of drug-likeness (QED) is 0.430. The molecule has 1 aromatic heterocycles. The van der Waals surface area contributed by atoms with Gasteiger partial charge in [0.1, 0.15) is 5.69 Å². The van der Waals surface area contributed by atoms with E-state index in [9.17, 15) is 14.4 Å². The number of amides is 1. The predicted octanol–water partition coefficient (Wildman–Crippen LogP) is 5.01. The standard InChI is InChI=1S/C28H26N2O4/c1-17-14-18(2)16-21(15-17)29-26(31)19(3)34-28(33)25-24(20-10-6-5-7-11-20)22-12-8-9-13-23(22)27(32)30(25)4/h5-16,19H,1-4H3,(H,29,31). The first kappa shape index (κ1) is 23.0. The Bertz CT molecular complexity index is 1430. The molecule has 3 aromatic carbocycles. The number of nitrogens with zero attached hydrogens (tertiary/aromatic N) is 1. The van der Waals surface area contributed by atoms with Gasteiger partial charge >= 0.3 is 5.97 Å². The van der Waals surface area contributed by atoms with Gasteiger partial charge in [0.05, 0.1) is 0 Å². The van der Waals surface area contributed by atoms with Crippen LogP contribution in [-0.2, 0) is 16.6 Å². The highest BCUT2D eigenvalue weighted by Gasteiger charge is 2.26. The molecule has 4 aromatic rings. The molecular formula is C28H26N2O4. The largest absolute Gasteiger partial charge is 0.448 e. The third-order valence-corrected chi connectivity index (χ3v) is 5.70. The molecule has 0 bridgehead atoms. The Morgan fingerprint density at radius 1 is 0.882 bits per heavy atom. The topological polar surface area (TPSA) is 77.4 Å². The molecule has 0 aliphatic carbocycles. The van der Waals surface area contributed by atoms with Crippen molar-refractivity contribution in [1.82, 2.24) is 4.57 Å². The monoisotopic (exact) mass is 454 g/mol. The Morgan fingerprint density at radius 3 is 2.12 bits per heavy atom. The molecule has 0 aliphatic rings. The summed E-state index contributed by atoms with van der Waals surface area (Å²) >= 11 is 0. The number of pyridine rings is 1. The van der Waals surface area contributed by atoms with Crippen LogP contribution >= 0.6 is 0 Å². The first-order valence-corrected chi connectivity index (χ1v) is 11.0. The Labute approximate surface area is 197 Å². The van der Waals surface area contributed by atoms with Crippen molar-refractivity contribution in [3.05, 3.63) is 100.0 Å². The van der Waals surface area contributed by atoms with Gasteiger partial charge in [0, 0.05) is 23.7 Å². The predicted molar refractivity (Wildman–Crippen MR) is 134 cm³/mol. The lowest BCUT2D eigenvalue weighted by Gasteiger charge is -2.19. The Hall–Kier alpha value is -4.19. The maximum Gasteiger partial charge on any atom is 0.356 e. The zero-order chi connectivity index (χ0) is 24.4. The molecule has 1 N–H and O–H groups in total. The van der Waals surface area contributed by atoms with E-state index in [1.54, 1.807) is 12.1 Å². The number of carbonyl (C=O) groups is 2. The van der Waals surface area contributed by atoms with Crippen molar-refractivity contribution in [2.75, 3.05) is 5.32 Å². The normalized spacial score (nSPS) is 11.8. The summed E-state index contributed by atoms with van der Waals surface area (Å²) in [5, 5.41) is 3.95. The van der Waals surface area contributed by atoms with Gasteiger partial charge in [-0.2, -0.15) is 0 Å². The van der Waals surface area contributed by atoms with Crippen molar-refractivity contribution in [2.45, 2.75) is 26.9 Å². The fourth-order valence-electron chi connectivity index (χ4n) is 4.16. The van der Waals surface area contributed by atoms with Crippen LogP contribution in [0.3, 0.4) is 0 Å². The second-order valence-electron chi connectivity index (χ2n) is 8.41. The van der Waals surface area contributed by atoms with Gasteiger partial charge in [-0.25, -0.2) is 4.79 Å². The number of esters is 1. The number of ether oxygens (including phenoxy) is 1. The number of aromatic nitrogens is 1. The lowest BCUT2D eigenvalue weighted by atomic mass is 9.97. The minimum atomic E-state index is -1.07. The number of aryl methyl sites for hydroxylation is 2. The van der Waals surface area contributed by atoms with E-state index in [1.165, 1.54) is 18.5 Å². The number of anilines is 1. The molecule has 34 heavy (non-hydrogen) atoms. The van der Waals surface area contributed by atoms with Crippen LogP contribution in [0.5, 0.6) is 0 Å². The molecule has 0 saturated heterocycles. The molecule has 0 fully saturated rings. The maximum absolute atomic E-state index is 13.4. The summed E-state index contributed by atoms with van der Waals surface area (Å²) in [7, 11) is 1.54. The Morgan fingerprint density at radius 2 is 1.47 bits per heavy atom.